The third-order valence-electron chi connectivity index (χ3n) is 7.60. The molecule has 0 aromatic rings. The van der Waals surface area contributed by atoms with Crippen molar-refractivity contribution < 1.29 is 23.5 Å². The van der Waals surface area contributed by atoms with Gasteiger partial charge in [0.1, 0.15) is 12.3 Å². The monoisotopic (exact) mass is 463 g/mol. The lowest BCUT2D eigenvalue weighted by Gasteiger charge is -2.51. The van der Waals surface area contributed by atoms with E-state index in [1.807, 2.05) is 20.8 Å². The number of fused-ring (bicyclic) bond motifs is 3. The van der Waals surface area contributed by atoms with Crippen LogP contribution in [0.2, 0.25) is 18.1 Å². The normalized spacial score (nSPS) is 28.9. The molecule has 0 radical (unpaired) electrons. The molecule has 1 amide bonds. The highest BCUT2D eigenvalue weighted by atomic mass is 28.4. The molecule has 0 spiro atoms. The zero-order valence-corrected chi connectivity index (χ0v) is 22.1. The van der Waals surface area contributed by atoms with Crippen LogP contribution in [0.3, 0.4) is 0 Å². The van der Waals surface area contributed by atoms with Crippen molar-refractivity contribution in [2.75, 3.05) is 6.61 Å². The number of β-lactam (4-membered cyclic amide) rings is 1. The van der Waals surface area contributed by atoms with Crippen molar-refractivity contribution in [1.82, 2.24) is 4.90 Å². The van der Waals surface area contributed by atoms with Gasteiger partial charge in [-0.1, -0.05) is 33.4 Å². The van der Waals surface area contributed by atoms with E-state index in [1.54, 1.807) is 11.0 Å². The Morgan fingerprint density at radius 1 is 1.25 bits per heavy atom. The quantitative estimate of drug-likeness (QED) is 0.224. The second-order valence-corrected chi connectivity index (χ2v) is 16.0. The Morgan fingerprint density at radius 2 is 1.91 bits per heavy atom. The minimum Gasteiger partial charge on any atom is -0.457 e. The summed E-state index contributed by atoms with van der Waals surface area (Å²) in [6, 6.07) is -0.0536. The predicted octanol–water partition coefficient (Wildman–Crippen LogP) is 4.81. The van der Waals surface area contributed by atoms with Gasteiger partial charge in [0.05, 0.1) is 30.3 Å². The first kappa shape index (κ1) is 25.2. The molecule has 1 saturated carbocycles. The van der Waals surface area contributed by atoms with Crippen molar-refractivity contribution in [3.05, 3.63) is 23.9 Å². The number of hydrogen-bond donors (Lipinski definition) is 0. The molecule has 7 heteroatoms. The van der Waals surface area contributed by atoms with Gasteiger partial charge in [0, 0.05) is 5.92 Å². The summed E-state index contributed by atoms with van der Waals surface area (Å²) >= 11 is 0. The molecule has 2 aliphatic heterocycles. The van der Waals surface area contributed by atoms with Crippen LogP contribution >= 0.6 is 0 Å². The van der Waals surface area contributed by atoms with Crippen molar-refractivity contribution in [2.45, 2.75) is 103 Å². The fraction of sp³-hybridized carbons (Fsp3) is 0.760. The maximum atomic E-state index is 13.4. The van der Waals surface area contributed by atoms with E-state index in [4.69, 9.17) is 13.9 Å². The van der Waals surface area contributed by atoms with Crippen molar-refractivity contribution >= 4 is 20.2 Å². The van der Waals surface area contributed by atoms with Crippen LogP contribution in [0.15, 0.2) is 23.9 Å². The molecule has 2 heterocycles. The molecular formula is C25H41NO5Si. The molecule has 1 aliphatic carbocycles. The Balaban J connectivity index is 1.93. The molecule has 3 aliphatic rings. The maximum absolute atomic E-state index is 13.4. The smallest absolute Gasteiger partial charge is 0.355 e. The summed E-state index contributed by atoms with van der Waals surface area (Å²) in [5.41, 5.74) is 1.37. The van der Waals surface area contributed by atoms with Crippen LogP contribution in [-0.2, 0) is 23.5 Å². The fourth-order valence-corrected chi connectivity index (χ4v) is 6.63. The van der Waals surface area contributed by atoms with E-state index in [0.29, 0.717) is 5.70 Å². The van der Waals surface area contributed by atoms with Crippen LogP contribution in [0.4, 0.5) is 0 Å². The van der Waals surface area contributed by atoms with E-state index < -0.39 is 14.3 Å². The van der Waals surface area contributed by atoms with Crippen LogP contribution in [0.1, 0.15) is 60.8 Å². The van der Waals surface area contributed by atoms with Gasteiger partial charge in [-0.05, 0) is 63.7 Å². The lowest BCUT2D eigenvalue weighted by atomic mass is 9.71. The zero-order valence-electron chi connectivity index (χ0n) is 21.1. The minimum atomic E-state index is -2.03. The number of esters is 1. The van der Waals surface area contributed by atoms with Gasteiger partial charge in [-0.25, -0.2) is 4.79 Å². The average Bonchev–Trinajstić information content (AvgIpc) is 2.96. The summed E-state index contributed by atoms with van der Waals surface area (Å²) in [6.07, 6.45) is 4.06. The second-order valence-electron chi connectivity index (χ2n) is 11.2. The third kappa shape index (κ3) is 4.36. The first-order chi connectivity index (χ1) is 14.8. The van der Waals surface area contributed by atoms with Gasteiger partial charge < -0.3 is 18.8 Å². The van der Waals surface area contributed by atoms with Crippen LogP contribution in [0, 0.1) is 11.8 Å². The summed E-state index contributed by atoms with van der Waals surface area (Å²) in [7, 11) is -2.03. The van der Waals surface area contributed by atoms with Gasteiger partial charge in [0.25, 0.3) is 0 Å². The Bertz CT molecular complexity index is 797. The summed E-state index contributed by atoms with van der Waals surface area (Å²) in [5, 5.41) is 0.0630. The highest BCUT2D eigenvalue weighted by Crippen LogP contribution is 2.54. The fourth-order valence-electron chi connectivity index (χ4n) is 5.20. The molecule has 5 atom stereocenters. The number of ether oxygens (including phenoxy) is 2. The standard InChI is InChI=1S/C25H41NO5Si/c1-10-14-29-24(28)22-20-17(12-11-13-18(20)30-15(2)3)21-19(23(27)26(21)22)16(4)31-32(8,9)25(5,6)7/h10,15-19,21H,1,11-14H2,2-9H3/t16?,17-,18-,19+,21+/m0/s1. The SMILES string of the molecule is C=CCOC(=O)C1=C2[C@@H](OC(C)C)CCC[C@@H]2[C@@H]2[C@@H](C(C)O[Si](C)(C)C(C)(C)C)C(=O)N12. The third-order valence-corrected chi connectivity index (χ3v) is 12.2. The number of carbonyl (C=O) groups excluding carboxylic acids is 2. The molecule has 1 saturated heterocycles. The number of nitrogens with zero attached hydrogens (tertiary/aromatic N) is 1. The summed E-state index contributed by atoms with van der Waals surface area (Å²) in [5.74, 6) is -0.605. The number of amides is 1. The van der Waals surface area contributed by atoms with Gasteiger partial charge in [-0.15, -0.1) is 0 Å². The maximum Gasteiger partial charge on any atom is 0.355 e. The first-order valence-corrected chi connectivity index (χ1v) is 14.9. The molecule has 2 fully saturated rings. The lowest BCUT2D eigenvalue weighted by Crippen LogP contribution is -2.65. The van der Waals surface area contributed by atoms with Crippen molar-refractivity contribution in [2.24, 2.45) is 11.8 Å². The van der Waals surface area contributed by atoms with E-state index in [1.165, 1.54) is 0 Å². The molecular weight excluding hydrogens is 422 g/mol. The first-order valence-electron chi connectivity index (χ1n) is 12.0. The van der Waals surface area contributed by atoms with Crippen LogP contribution in [0.5, 0.6) is 0 Å². The Labute approximate surface area is 194 Å². The zero-order chi connectivity index (χ0) is 24.0. The van der Waals surface area contributed by atoms with Gasteiger partial charge >= 0.3 is 5.97 Å². The van der Waals surface area contributed by atoms with Crippen LogP contribution in [-0.4, -0.2) is 56.1 Å². The number of rotatable bonds is 8. The highest BCUT2D eigenvalue weighted by molar-refractivity contribution is 6.74. The van der Waals surface area contributed by atoms with E-state index in [-0.39, 0.29) is 53.7 Å². The molecule has 0 bridgehead atoms. The minimum absolute atomic E-state index is 0.0306. The Morgan fingerprint density at radius 3 is 2.47 bits per heavy atom. The van der Waals surface area contributed by atoms with E-state index in [2.05, 4.69) is 40.4 Å². The molecule has 0 aromatic carbocycles. The van der Waals surface area contributed by atoms with E-state index >= 15 is 0 Å². The topological polar surface area (TPSA) is 65.1 Å². The summed E-state index contributed by atoms with van der Waals surface area (Å²) in [4.78, 5) is 28.2. The van der Waals surface area contributed by atoms with Gasteiger partial charge in [-0.2, -0.15) is 0 Å². The molecule has 3 rings (SSSR count). The highest BCUT2D eigenvalue weighted by Gasteiger charge is 2.63. The van der Waals surface area contributed by atoms with Gasteiger partial charge in [0.15, 0.2) is 8.32 Å². The van der Waals surface area contributed by atoms with Gasteiger partial charge in [-0.3, -0.25) is 4.79 Å². The largest absolute Gasteiger partial charge is 0.457 e. The molecule has 0 N–H and O–H groups in total. The summed E-state index contributed by atoms with van der Waals surface area (Å²) < 4.78 is 18.3. The molecule has 6 nitrogen and oxygen atoms in total. The van der Waals surface area contributed by atoms with E-state index in [9.17, 15) is 9.59 Å². The van der Waals surface area contributed by atoms with Crippen molar-refractivity contribution in [3.63, 3.8) is 0 Å². The van der Waals surface area contributed by atoms with Crippen LogP contribution < -0.4 is 0 Å². The van der Waals surface area contributed by atoms with E-state index in [0.717, 1.165) is 24.8 Å². The Kier molecular flexibility index (Phi) is 7.14. The molecule has 0 aromatic heterocycles. The van der Waals surface area contributed by atoms with Gasteiger partial charge in [0.2, 0.25) is 5.91 Å². The summed E-state index contributed by atoms with van der Waals surface area (Å²) in [6.45, 7) is 20.9. The Hall–Kier alpha value is -1.44. The predicted molar refractivity (Wildman–Crippen MR) is 127 cm³/mol. The lowest BCUT2D eigenvalue weighted by molar-refractivity contribution is -0.164. The second kappa shape index (κ2) is 9.07. The molecule has 180 valence electrons. The molecule has 32 heavy (non-hydrogen) atoms. The van der Waals surface area contributed by atoms with Crippen LogP contribution in [0.25, 0.3) is 0 Å². The number of hydrogen-bond acceptors (Lipinski definition) is 5. The average molecular weight is 464 g/mol. The number of carbonyl (C=O) groups is 2. The van der Waals surface area contributed by atoms with Crippen molar-refractivity contribution in [1.29, 1.82) is 0 Å². The van der Waals surface area contributed by atoms with Crippen molar-refractivity contribution in [3.8, 4) is 0 Å². The molecule has 1 unspecified atom stereocenters.